The summed E-state index contributed by atoms with van der Waals surface area (Å²) in [7, 11) is 1.65. The van der Waals surface area contributed by atoms with E-state index in [9.17, 15) is 0 Å². The van der Waals surface area contributed by atoms with Gasteiger partial charge in [-0.2, -0.15) is 0 Å². The van der Waals surface area contributed by atoms with Crippen molar-refractivity contribution >= 4 is 5.82 Å². The number of aryl methyl sites for hydroxylation is 2. The fourth-order valence-electron chi connectivity index (χ4n) is 2.85. The summed E-state index contributed by atoms with van der Waals surface area (Å²) in [5.74, 6) is 1.84. The third-order valence-electron chi connectivity index (χ3n) is 4.11. The molecule has 122 valence electrons. The number of anilines is 1. The van der Waals surface area contributed by atoms with E-state index in [0.717, 1.165) is 48.0 Å². The lowest BCUT2D eigenvalue weighted by atomic mass is 10.0. The molecule has 3 rings (SSSR count). The average Bonchev–Trinajstić information content (AvgIpc) is 3.08. The van der Waals surface area contributed by atoms with E-state index in [1.807, 2.05) is 13.0 Å². The van der Waals surface area contributed by atoms with Crippen LogP contribution in [0.25, 0.3) is 0 Å². The number of nitrogens with zero attached hydrogens (tertiary/aromatic N) is 3. The number of pyridine rings is 1. The Morgan fingerprint density at radius 1 is 1.30 bits per heavy atom. The monoisotopic (exact) mass is 314 g/mol. The van der Waals surface area contributed by atoms with Crippen molar-refractivity contribution in [2.75, 3.05) is 25.6 Å². The van der Waals surface area contributed by atoms with Gasteiger partial charge >= 0.3 is 0 Å². The summed E-state index contributed by atoms with van der Waals surface area (Å²) >= 11 is 0. The molecule has 1 saturated heterocycles. The lowest BCUT2D eigenvalue weighted by Gasteiger charge is -2.14. The van der Waals surface area contributed by atoms with E-state index in [1.54, 1.807) is 13.4 Å². The number of nitrogens with one attached hydrogen (secondary N) is 1. The van der Waals surface area contributed by atoms with E-state index < -0.39 is 0 Å². The van der Waals surface area contributed by atoms with E-state index in [4.69, 9.17) is 9.47 Å². The van der Waals surface area contributed by atoms with Gasteiger partial charge in [-0.1, -0.05) is 0 Å². The van der Waals surface area contributed by atoms with Crippen molar-refractivity contribution < 1.29 is 9.47 Å². The Bertz CT molecular complexity index is 684. The number of methoxy groups -OCH3 is 1. The van der Waals surface area contributed by atoms with Crippen LogP contribution in [0.5, 0.6) is 5.88 Å². The van der Waals surface area contributed by atoms with Gasteiger partial charge in [0.2, 0.25) is 5.88 Å². The SMILES string of the molecule is COc1nc(C)cc(C)c1CNc1cc([C@H]2CCOC2)ncn1. The van der Waals surface area contributed by atoms with E-state index in [-0.39, 0.29) is 0 Å². The van der Waals surface area contributed by atoms with E-state index in [1.165, 1.54) is 0 Å². The van der Waals surface area contributed by atoms with Crippen LogP contribution < -0.4 is 10.1 Å². The summed E-state index contributed by atoms with van der Waals surface area (Å²) in [5, 5.41) is 3.35. The van der Waals surface area contributed by atoms with Crippen LogP contribution in [0.2, 0.25) is 0 Å². The Morgan fingerprint density at radius 3 is 2.91 bits per heavy atom. The Balaban J connectivity index is 1.75. The summed E-state index contributed by atoms with van der Waals surface area (Å²) in [6, 6.07) is 4.06. The normalized spacial score (nSPS) is 17.3. The van der Waals surface area contributed by atoms with Crippen LogP contribution >= 0.6 is 0 Å². The fraction of sp³-hybridized carbons (Fsp3) is 0.471. The molecule has 0 unspecified atom stereocenters. The molecule has 23 heavy (non-hydrogen) atoms. The predicted octanol–water partition coefficient (Wildman–Crippen LogP) is 2.61. The molecule has 2 aromatic heterocycles. The molecular weight excluding hydrogens is 292 g/mol. The largest absolute Gasteiger partial charge is 0.481 e. The van der Waals surface area contributed by atoms with Gasteiger partial charge in [-0.3, -0.25) is 0 Å². The quantitative estimate of drug-likeness (QED) is 0.915. The molecule has 0 aliphatic carbocycles. The Hall–Kier alpha value is -2.21. The molecule has 1 aliphatic heterocycles. The first-order chi connectivity index (χ1) is 11.2. The number of rotatable bonds is 5. The highest BCUT2D eigenvalue weighted by Crippen LogP contribution is 2.25. The van der Waals surface area contributed by atoms with Gasteiger partial charge in [0.15, 0.2) is 0 Å². The highest BCUT2D eigenvalue weighted by Gasteiger charge is 2.19. The van der Waals surface area contributed by atoms with Crippen molar-refractivity contribution in [3.05, 3.63) is 41.0 Å². The molecule has 2 aromatic rings. The van der Waals surface area contributed by atoms with Crippen molar-refractivity contribution in [1.29, 1.82) is 0 Å². The van der Waals surface area contributed by atoms with E-state index in [2.05, 4.69) is 33.3 Å². The first-order valence-corrected chi connectivity index (χ1v) is 7.82. The number of hydrogen-bond donors (Lipinski definition) is 1. The van der Waals surface area contributed by atoms with Crippen LogP contribution in [0.15, 0.2) is 18.5 Å². The fourth-order valence-corrected chi connectivity index (χ4v) is 2.85. The van der Waals surface area contributed by atoms with E-state index in [0.29, 0.717) is 18.3 Å². The minimum atomic E-state index is 0.371. The molecule has 0 radical (unpaired) electrons. The zero-order chi connectivity index (χ0) is 16.2. The second-order valence-electron chi connectivity index (χ2n) is 5.81. The smallest absolute Gasteiger partial charge is 0.218 e. The molecule has 1 atom stereocenters. The molecule has 1 N–H and O–H groups in total. The van der Waals surface area contributed by atoms with Crippen LogP contribution in [0.1, 0.15) is 34.9 Å². The highest BCUT2D eigenvalue weighted by atomic mass is 16.5. The minimum absolute atomic E-state index is 0.371. The molecule has 0 spiro atoms. The lowest BCUT2D eigenvalue weighted by Crippen LogP contribution is -2.08. The maximum absolute atomic E-state index is 5.43. The van der Waals surface area contributed by atoms with Crippen molar-refractivity contribution in [2.45, 2.75) is 32.7 Å². The van der Waals surface area contributed by atoms with Gasteiger partial charge in [-0.25, -0.2) is 15.0 Å². The minimum Gasteiger partial charge on any atom is -0.481 e. The third-order valence-corrected chi connectivity index (χ3v) is 4.11. The highest BCUT2D eigenvalue weighted by molar-refractivity contribution is 5.42. The molecule has 0 amide bonds. The van der Waals surface area contributed by atoms with Gasteiger partial charge in [0.05, 0.1) is 19.4 Å². The van der Waals surface area contributed by atoms with Crippen LogP contribution in [0, 0.1) is 13.8 Å². The zero-order valence-corrected chi connectivity index (χ0v) is 13.8. The average molecular weight is 314 g/mol. The van der Waals surface area contributed by atoms with Gasteiger partial charge in [0, 0.05) is 36.4 Å². The maximum atomic E-state index is 5.43. The molecule has 0 bridgehead atoms. The van der Waals surface area contributed by atoms with Gasteiger partial charge in [0.25, 0.3) is 0 Å². The van der Waals surface area contributed by atoms with Crippen LogP contribution in [-0.2, 0) is 11.3 Å². The number of ether oxygens (including phenoxy) is 2. The second-order valence-corrected chi connectivity index (χ2v) is 5.81. The lowest BCUT2D eigenvalue weighted by molar-refractivity contribution is 0.193. The van der Waals surface area contributed by atoms with Crippen molar-refractivity contribution in [1.82, 2.24) is 15.0 Å². The molecule has 3 heterocycles. The third kappa shape index (κ3) is 3.59. The topological polar surface area (TPSA) is 69.2 Å². The van der Waals surface area contributed by atoms with E-state index >= 15 is 0 Å². The molecule has 0 saturated carbocycles. The van der Waals surface area contributed by atoms with Gasteiger partial charge < -0.3 is 14.8 Å². The molecule has 1 fully saturated rings. The van der Waals surface area contributed by atoms with Crippen molar-refractivity contribution in [3.63, 3.8) is 0 Å². The Kier molecular flexibility index (Phi) is 4.71. The maximum Gasteiger partial charge on any atom is 0.218 e. The zero-order valence-electron chi connectivity index (χ0n) is 13.8. The first-order valence-electron chi connectivity index (χ1n) is 7.82. The van der Waals surface area contributed by atoms with Crippen LogP contribution in [0.3, 0.4) is 0 Å². The van der Waals surface area contributed by atoms with Gasteiger partial charge in [-0.05, 0) is 31.9 Å². The Labute approximate surface area is 136 Å². The summed E-state index contributed by atoms with van der Waals surface area (Å²) in [4.78, 5) is 13.1. The number of hydrogen-bond acceptors (Lipinski definition) is 6. The molecular formula is C17H22N4O2. The van der Waals surface area contributed by atoms with Crippen LogP contribution in [0.4, 0.5) is 5.82 Å². The molecule has 6 nitrogen and oxygen atoms in total. The summed E-state index contributed by atoms with van der Waals surface area (Å²) < 4.78 is 10.8. The molecule has 1 aliphatic rings. The first kappa shape index (κ1) is 15.7. The Morgan fingerprint density at radius 2 is 2.17 bits per heavy atom. The van der Waals surface area contributed by atoms with Crippen molar-refractivity contribution in [3.8, 4) is 5.88 Å². The summed E-state index contributed by atoms with van der Waals surface area (Å²) in [6.45, 7) is 6.19. The van der Waals surface area contributed by atoms with Gasteiger partial charge in [-0.15, -0.1) is 0 Å². The number of aromatic nitrogens is 3. The predicted molar refractivity (Wildman–Crippen MR) is 87.8 cm³/mol. The standard InChI is InChI=1S/C17H22N4O2/c1-11-6-12(2)21-17(22-3)14(11)8-18-16-7-15(19-10-20-16)13-4-5-23-9-13/h6-7,10,13H,4-5,8-9H2,1-3H3,(H,18,19,20)/t13-/m0/s1. The second kappa shape index (κ2) is 6.91. The molecule has 0 aromatic carbocycles. The molecule has 6 heteroatoms. The van der Waals surface area contributed by atoms with Crippen molar-refractivity contribution in [2.24, 2.45) is 0 Å². The summed E-state index contributed by atoms with van der Waals surface area (Å²) in [6.07, 6.45) is 2.62. The van der Waals surface area contributed by atoms with Gasteiger partial charge in [0.1, 0.15) is 12.1 Å². The summed E-state index contributed by atoms with van der Waals surface area (Å²) in [5.41, 5.74) is 4.18. The van der Waals surface area contributed by atoms with Crippen LogP contribution in [-0.4, -0.2) is 35.3 Å².